The van der Waals surface area contributed by atoms with Gasteiger partial charge in [0.2, 0.25) is 0 Å². The van der Waals surface area contributed by atoms with Gasteiger partial charge in [-0.15, -0.1) is 24.0 Å². The smallest absolute Gasteiger partial charge is 0.306 e. The molecular weight excluding hydrogens is 481 g/mol. The molecule has 29 heavy (non-hydrogen) atoms. The number of aryl methyl sites for hydroxylation is 1. The van der Waals surface area contributed by atoms with E-state index in [1.165, 1.54) is 24.8 Å². The Balaban J connectivity index is 0.00000300. The van der Waals surface area contributed by atoms with Crippen molar-refractivity contribution >= 4 is 35.9 Å². The Labute approximate surface area is 191 Å². The van der Waals surface area contributed by atoms with E-state index in [0.717, 1.165) is 51.3 Å². The highest BCUT2D eigenvalue weighted by molar-refractivity contribution is 14.0. The summed E-state index contributed by atoms with van der Waals surface area (Å²) in [4.78, 5) is 19.0. The van der Waals surface area contributed by atoms with Gasteiger partial charge in [-0.1, -0.05) is 0 Å². The largest absolute Gasteiger partial charge is 0.462 e. The van der Waals surface area contributed by atoms with Crippen LogP contribution in [0.25, 0.3) is 0 Å². The molecule has 164 valence electrons. The highest BCUT2D eigenvalue weighted by atomic mass is 127. The second-order valence-electron chi connectivity index (χ2n) is 8.06. The second kappa shape index (κ2) is 12.4. The van der Waals surface area contributed by atoms with Crippen molar-refractivity contribution in [3.8, 4) is 0 Å². The number of aliphatic imine (C=N–C) groups is 1. The van der Waals surface area contributed by atoms with Crippen molar-refractivity contribution < 1.29 is 9.53 Å². The maximum Gasteiger partial charge on any atom is 0.306 e. The number of nitrogens with zero attached hydrogens (tertiary/aromatic N) is 4. The average molecular weight is 517 g/mol. The van der Waals surface area contributed by atoms with Crippen LogP contribution < -0.4 is 5.32 Å². The molecule has 1 atom stereocenters. The lowest BCUT2D eigenvalue weighted by Gasteiger charge is -2.21. The molecular formula is C21H36IN5O2. The van der Waals surface area contributed by atoms with Crippen LogP contribution in [0.4, 0.5) is 0 Å². The molecule has 1 saturated heterocycles. The predicted molar refractivity (Wildman–Crippen MR) is 126 cm³/mol. The van der Waals surface area contributed by atoms with Gasteiger partial charge in [0.25, 0.3) is 0 Å². The normalized spacial score (nSPS) is 20.0. The summed E-state index contributed by atoms with van der Waals surface area (Å²) in [5.41, 5.74) is 1.30. The summed E-state index contributed by atoms with van der Waals surface area (Å²) in [6, 6.07) is 0. The minimum Gasteiger partial charge on any atom is -0.462 e. The Kier molecular flexibility index (Phi) is 10.2. The molecule has 0 aromatic carbocycles. The predicted octanol–water partition coefficient (Wildman–Crippen LogP) is 3.13. The molecule has 1 aliphatic heterocycles. The molecule has 1 unspecified atom stereocenters. The maximum atomic E-state index is 11.9. The highest BCUT2D eigenvalue weighted by Crippen LogP contribution is 2.22. The van der Waals surface area contributed by atoms with E-state index < -0.39 is 0 Å². The van der Waals surface area contributed by atoms with E-state index in [0.29, 0.717) is 18.9 Å². The lowest BCUT2D eigenvalue weighted by molar-refractivity contribution is -0.148. The molecule has 0 radical (unpaired) electrons. The number of rotatable bonds is 8. The molecule has 0 amide bonds. The Bertz CT molecular complexity index is 657. The molecule has 3 rings (SSSR count). The summed E-state index contributed by atoms with van der Waals surface area (Å²) < 4.78 is 7.38. The number of halogens is 1. The summed E-state index contributed by atoms with van der Waals surface area (Å²) in [7, 11) is 1.96. The van der Waals surface area contributed by atoms with Gasteiger partial charge in [-0.25, -0.2) is 0 Å². The van der Waals surface area contributed by atoms with E-state index in [1.54, 1.807) is 0 Å². The van der Waals surface area contributed by atoms with Crippen LogP contribution in [0.15, 0.2) is 17.4 Å². The van der Waals surface area contributed by atoms with Gasteiger partial charge in [-0.3, -0.25) is 14.5 Å². The van der Waals surface area contributed by atoms with E-state index in [1.807, 2.05) is 17.9 Å². The first-order valence-electron chi connectivity index (χ1n) is 10.8. The van der Waals surface area contributed by atoms with Crippen molar-refractivity contribution in [2.75, 3.05) is 26.2 Å². The lowest BCUT2D eigenvalue weighted by atomic mass is 10.0. The molecule has 0 spiro atoms. The third-order valence-electron chi connectivity index (χ3n) is 5.60. The van der Waals surface area contributed by atoms with Crippen LogP contribution in [0.3, 0.4) is 0 Å². The topological polar surface area (TPSA) is 71.8 Å². The van der Waals surface area contributed by atoms with Crippen molar-refractivity contribution in [2.45, 2.75) is 64.4 Å². The van der Waals surface area contributed by atoms with Crippen LogP contribution in [-0.2, 0) is 23.0 Å². The third-order valence-corrected chi connectivity index (χ3v) is 5.60. The van der Waals surface area contributed by atoms with Gasteiger partial charge in [0.1, 0.15) is 6.10 Å². The fourth-order valence-corrected chi connectivity index (χ4v) is 4.19. The first-order chi connectivity index (χ1) is 13.6. The number of nitrogens with one attached hydrogen (secondary N) is 1. The van der Waals surface area contributed by atoms with Crippen LogP contribution in [0.5, 0.6) is 0 Å². The molecule has 1 aromatic rings. The quantitative estimate of drug-likeness (QED) is 0.189. The zero-order valence-electron chi connectivity index (χ0n) is 17.8. The highest BCUT2D eigenvalue weighted by Gasteiger charge is 2.25. The fourth-order valence-electron chi connectivity index (χ4n) is 4.19. The molecule has 2 aliphatic rings. The van der Waals surface area contributed by atoms with Crippen LogP contribution in [0.1, 0.15) is 57.4 Å². The van der Waals surface area contributed by atoms with E-state index in [2.05, 4.69) is 28.4 Å². The summed E-state index contributed by atoms with van der Waals surface area (Å²) >= 11 is 0. The van der Waals surface area contributed by atoms with Crippen molar-refractivity contribution in [3.63, 3.8) is 0 Å². The second-order valence-corrected chi connectivity index (χ2v) is 8.06. The maximum absolute atomic E-state index is 11.9. The van der Waals surface area contributed by atoms with Crippen molar-refractivity contribution in [2.24, 2.45) is 18.0 Å². The lowest BCUT2D eigenvalue weighted by Crippen LogP contribution is -2.40. The number of guanidine groups is 1. The summed E-state index contributed by atoms with van der Waals surface area (Å²) in [6.45, 7) is 5.65. The summed E-state index contributed by atoms with van der Waals surface area (Å²) in [5.74, 6) is 1.54. The number of aromatic nitrogens is 2. The van der Waals surface area contributed by atoms with Gasteiger partial charge in [-0.2, -0.15) is 5.10 Å². The zero-order valence-corrected chi connectivity index (χ0v) is 20.1. The number of hydrogen-bond donors (Lipinski definition) is 1. The first kappa shape index (κ1) is 24.0. The number of likely N-dealkylation sites (tertiary alicyclic amines) is 1. The molecule has 1 aromatic heterocycles. The van der Waals surface area contributed by atoms with Gasteiger partial charge >= 0.3 is 5.97 Å². The van der Waals surface area contributed by atoms with E-state index in [-0.39, 0.29) is 36.0 Å². The van der Waals surface area contributed by atoms with Crippen molar-refractivity contribution in [1.29, 1.82) is 0 Å². The molecule has 0 bridgehead atoms. The Hall–Kier alpha value is -1.32. The number of ether oxygens (including phenoxy) is 1. The van der Waals surface area contributed by atoms with Gasteiger partial charge in [0, 0.05) is 45.8 Å². The molecule has 1 N–H and O–H groups in total. The van der Waals surface area contributed by atoms with E-state index in [4.69, 9.17) is 9.73 Å². The minimum atomic E-state index is -0.0650. The molecule has 1 saturated carbocycles. The van der Waals surface area contributed by atoms with Gasteiger partial charge in [0.05, 0.1) is 6.20 Å². The van der Waals surface area contributed by atoms with Gasteiger partial charge in [-0.05, 0) is 63.4 Å². The van der Waals surface area contributed by atoms with E-state index >= 15 is 0 Å². The minimum absolute atomic E-state index is 0. The van der Waals surface area contributed by atoms with Crippen LogP contribution in [-0.4, -0.2) is 58.9 Å². The summed E-state index contributed by atoms with van der Waals surface area (Å²) in [5, 5.41) is 7.67. The molecule has 2 fully saturated rings. The van der Waals surface area contributed by atoms with Crippen LogP contribution in [0.2, 0.25) is 0 Å². The average Bonchev–Trinajstić information content (AvgIpc) is 3.41. The summed E-state index contributed by atoms with van der Waals surface area (Å²) in [6.07, 6.45) is 12.1. The monoisotopic (exact) mass is 517 g/mol. The Morgan fingerprint density at radius 2 is 2.14 bits per heavy atom. The molecule has 1 aliphatic carbocycles. The fraction of sp³-hybridized carbons (Fsp3) is 0.762. The number of hydrogen-bond acceptors (Lipinski definition) is 4. The molecule has 8 heteroatoms. The molecule has 7 nitrogen and oxygen atoms in total. The van der Waals surface area contributed by atoms with E-state index in [9.17, 15) is 4.79 Å². The zero-order chi connectivity index (χ0) is 19.8. The Morgan fingerprint density at radius 3 is 2.83 bits per heavy atom. The van der Waals surface area contributed by atoms with Gasteiger partial charge in [0.15, 0.2) is 5.96 Å². The Morgan fingerprint density at radius 1 is 1.34 bits per heavy atom. The third kappa shape index (κ3) is 7.79. The SMILES string of the molecule is CCNC(=NCCCC(=O)OC1CCCC1)N1CCC(Cc2cnn(C)c2)C1.I. The van der Waals surface area contributed by atoms with Crippen LogP contribution in [0, 0.1) is 5.92 Å². The number of carbonyl (C=O) groups is 1. The molecule has 2 heterocycles. The standard InChI is InChI=1S/C21H35N5O2.HI/c1-3-22-21(23-11-6-9-20(27)28-19-7-4-5-8-19)26-12-10-17(16-26)13-18-14-24-25(2)15-18;/h14-15,17,19H,3-13,16H2,1-2H3,(H,22,23);1H. The van der Waals surface area contributed by atoms with Gasteiger partial charge < -0.3 is 15.0 Å². The van der Waals surface area contributed by atoms with Crippen LogP contribution >= 0.6 is 24.0 Å². The van der Waals surface area contributed by atoms with Crippen molar-refractivity contribution in [3.05, 3.63) is 18.0 Å². The van der Waals surface area contributed by atoms with Crippen molar-refractivity contribution in [1.82, 2.24) is 20.0 Å². The number of esters is 1. The first-order valence-corrected chi connectivity index (χ1v) is 10.8. The number of carbonyl (C=O) groups excluding carboxylic acids is 1.